The number of halogens is 1. The van der Waals surface area contributed by atoms with Crippen molar-refractivity contribution in [3.05, 3.63) is 70.5 Å². The minimum absolute atomic E-state index is 0.112. The van der Waals surface area contributed by atoms with E-state index in [1.165, 1.54) is 0 Å². The molecule has 3 rings (SSSR count). The largest absolute Gasteiger partial charge is 0.345 e. The van der Waals surface area contributed by atoms with Crippen LogP contribution in [0.3, 0.4) is 0 Å². The summed E-state index contributed by atoms with van der Waals surface area (Å²) in [5.74, 6) is 0.700. The molecule has 2 aromatic heterocycles. The standard InChI is InChI=1S/C18H19ClN4O/c1-12-9-16(18(24)21-11-17-20-7-8-22(17)3)13(2)23(12)15-6-4-5-14(19)10-15/h4-10H,11H2,1-3H3,(H,21,24). The fourth-order valence-corrected chi connectivity index (χ4v) is 3.01. The minimum atomic E-state index is -0.112. The molecule has 0 bridgehead atoms. The van der Waals surface area contributed by atoms with Crippen molar-refractivity contribution in [2.75, 3.05) is 0 Å². The summed E-state index contributed by atoms with van der Waals surface area (Å²) >= 11 is 6.09. The van der Waals surface area contributed by atoms with E-state index in [9.17, 15) is 4.79 Å². The van der Waals surface area contributed by atoms with E-state index in [0.29, 0.717) is 17.1 Å². The molecule has 1 amide bonds. The lowest BCUT2D eigenvalue weighted by Crippen LogP contribution is -2.24. The number of carbonyl (C=O) groups excluding carboxylic acids is 1. The summed E-state index contributed by atoms with van der Waals surface area (Å²) in [6.45, 7) is 4.30. The van der Waals surface area contributed by atoms with Crippen LogP contribution >= 0.6 is 11.6 Å². The maximum atomic E-state index is 12.5. The molecule has 1 aromatic carbocycles. The van der Waals surface area contributed by atoms with Crippen LogP contribution in [-0.4, -0.2) is 20.0 Å². The second-order valence-corrected chi connectivity index (χ2v) is 6.17. The Labute approximate surface area is 145 Å². The predicted molar refractivity (Wildman–Crippen MR) is 94.6 cm³/mol. The number of aryl methyl sites for hydroxylation is 2. The molecular formula is C18H19ClN4O. The van der Waals surface area contributed by atoms with Gasteiger partial charge in [0, 0.05) is 41.5 Å². The molecule has 24 heavy (non-hydrogen) atoms. The van der Waals surface area contributed by atoms with Crippen molar-refractivity contribution in [2.45, 2.75) is 20.4 Å². The number of imidazole rings is 1. The quantitative estimate of drug-likeness (QED) is 0.790. The van der Waals surface area contributed by atoms with Crippen LogP contribution in [0.1, 0.15) is 27.6 Å². The summed E-state index contributed by atoms with van der Waals surface area (Å²) in [4.78, 5) is 16.8. The Morgan fingerprint density at radius 2 is 2.08 bits per heavy atom. The van der Waals surface area contributed by atoms with E-state index in [1.807, 2.05) is 66.6 Å². The Bertz CT molecular complexity index is 894. The number of carbonyl (C=O) groups is 1. The first-order chi connectivity index (χ1) is 11.5. The molecule has 0 atom stereocenters. The molecule has 6 heteroatoms. The molecule has 2 heterocycles. The molecule has 0 aliphatic heterocycles. The monoisotopic (exact) mass is 342 g/mol. The van der Waals surface area contributed by atoms with Crippen LogP contribution < -0.4 is 5.32 Å². The predicted octanol–water partition coefficient (Wildman–Crippen LogP) is 3.41. The number of aromatic nitrogens is 3. The third kappa shape index (κ3) is 3.08. The molecule has 0 spiro atoms. The number of nitrogens with zero attached hydrogens (tertiary/aromatic N) is 3. The lowest BCUT2D eigenvalue weighted by molar-refractivity contribution is 0.0949. The third-order valence-corrected chi connectivity index (χ3v) is 4.31. The number of hydrogen-bond donors (Lipinski definition) is 1. The van der Waals surface area contributed by atoms with E-state index < -0.39 is 0 Å². The zero-order valence-electron chi connectivity index (χ0n) is 13.9. The van der Waals surface area contributed by atoms with Crippen LogP contribution in [-0.2, 0) is 13.6 Å². The van der Waals surface area contributed by atoms with Crippen LogP contribution in [0.5, 0.6) is 0 Å². The number of amides is 1. The Morgan fingerprint density at radius 3 is 2.75 bits per heavy atom. The van der Waals surface area contributed by atoms with E-state index >= 15 is 0 Å². The van der Waals surface area contributed by atoms with Crippen molar-refractivity contribution < 1.29 is 4.79 Å². The van der Waals surface area contributed by atoms with Crippen molar-refractivity contribution >= 4 is 17.5 Å². The number of nitrogens with one attached hydrogen (secondary N) is 1. The molecule has 0 unspecified atom stereocenters. The highest BCUT2D eigenvalue weighted by molar-refractivity contribution is 6.30. The van der Waals surface area contributed by atoms with E-state index in [2.05, 4.69) is 10.3 Å². The highest BCUT2D eigenvalue weighted by Gasteiger charge is 2.17. The fraction of sp³-hybridized carbons (Fsp3) is 0.222. The van der Waals surface area contributed by atoms with Gasteiger partial charge in [-0.25, -0.2) is 4.98 Å². The van der Waals surface area contributed by atoms with E-state index in [4.69, 9.17) is 11.6 Å². The zero-order chi connectivity index (χ0) is 17.3. The lowest BCUT2D eigenvalue weighted by Gasteiger charge is -2.10. The topological polar surface area (TPSA) is 51.9 Å². The smallest absolute Gasteiger partial charge is 0.253 e. The first-order valence-electron chi connectivity index (χ1n) is 7.66. The summed E-state index contributed by atoms with van der Waals surface area (Å²) in [5.41, 5.74) is 3.46. The van der Waals surface area contributed by atoms with Crippen molar-refractivity contribution in [3.8, 4) is 5.69 Å². The molecule has 1 N–H and O–H groups in total. The Balaban J connectivity index is 1.85. The Kier molecular flexibility index (Phi) is 4.44. The Morgan fingerprint density at radius 1 is 1.29 bits per heavy atom. The zero-order valence-corrected chi connectivity index (χ0v) is 14.6. The maximum Gasteiger partial charge on any atom is 0.253 e. The van der Waals surface area contributed by atoms with Gasteiger partial charge in [0.15, 0.2) is 0 Å². The van der Waals surface area contributed by atoms with Gasteiger partial charge in [-0.2, -0.15) is 0 Å². The van der Waals surface area contributed by atoms with Gasteiger partial charge in [0.1, 0.15) is 5.82 Å². The SMILES string of the molecule is Cc1cc(C(=O)NCc2nccn2C)c(C)n1-c1cccc(Cl)c1. The highest BCUT2D eigenvalue weighted by atomic mass is 35.5. The normalized spacial score (nSPS) is 10.8. The second-order valence-electron chi connectivity index (χ2n) is 5.74. The summed E-state index contributed by atoms with van der Waals surface area (Å²) < 4.78 is 3.91. The van der Waals surface area contributed by atoms with Gasteiger partial charge >= 0.3 is 0 Å². The van der Waals surface area contributed by atoms with Gasteiger partial charge in [-0.3, -0.25) is 4.79 Å². The highest BCUT2D eigenvalue weighted by Crippen LogP contribution is 2.23. The number of benzene rings is 1. The molecule has 0 saturated carbocycles. The molecule has 0 saturated heterocycles. The number of rotatable bonds is 4. The fourth-order valence-electron chi connectivity index (χ4n) is 2.83. The molecule has 124 valence electrons. The molecule has 3 aromatic rings. The van der Waals surface area contributed by atoms with Gasteiger partial charge < -0.3 is 14.5 Å². The maximum absolute atomic E-state index is 12.5. The molecule has 0 radical (unpaired) electrons. The molecule has 0 aliphatic carbocycles. The van der Waals surface area contributed by atoms with Crippen molar-refractivity contribution in [1.29, 1.82) is 0 Å². The van der Waals surface area contributed by atoms with Gasteiger partial charge in [-0.1, -0.05) is 17.7 Å². The van der Waals surface area contributed by atoms with Crippen molar-refractivity contribution in [3.63, 3.8) is 0 Å². The van der Waals surface area contributed by atoms with Crippen molar-refractivity contribution in [2.24, 2.45) is 7.05 Å². The average Bonchev–Trinajstić information content (AvgIpc) is 3.08. The van der Waals surface area contributed by atoms with Gasteiger partial charge in [-0.05, 0) is 38.1 Å². The minimum Gasteiger partial charge on any atom is -0.345 e. The van der Waals surface area contributed by atoms with Crippen LogP contribution in [0.4, 0.5) is 0 Å². The first-order valence-corrected chi connectivity index (χ1v) is 8.04. The van der Waals surface area contributed by atoms with Gasteiger partial charge in [0.25, 0.3) is 5.91 Å². The lowest BCUT2D eigenvalue weighted by atomic mass is 10.2. The number of hydrogen-bond acceptors (Lipinski definition) is 2. The summed E-state index contributed by atoms with van der Waals surface area (Å²) in [6.07, 6.45) is 3.57. The van der Waals surface area contributed by atoms with Crippen molar-refractivity contribution in [1.82, 2.24) is 19.4 Å². The molecule has 5 nitrogen and oxygen atoms in total. The van der Waals surface area contributed by atoms with E-state index in [1.54, 1.807) is 6.20 Å². The molecule has 0 fully saturated rings. The van der Waals surface area contributed by atoms with Crippen LogP contribution in [0.15, 0.2) is 42.7 Å². The van der Waals surface area contributed by atoms with Gasteiger partial charge in [0.2, 0.25) is 0 Å². The van der Waals surface area contributed by atoms with Crippen LogP contribution in [0.2, 0.25) is 5.02 Å². The van der Waals surface area contributed by atoms with Gasteiger partial charge in [-0.15, -0.1) is 0 Å². The van der Waals surface area contributed by atoms with Crippen LogP contribution in [0.25, 0.3) is 5.69 Å². The summed E-state index contributed by atoms with van der Waals surface area (Å²) in [6, 6.07) is 9.49. The van der Waals surface area contributed by atoms with Crippen LogP contribution in [0, 0.1) is 13.8 Å². The van der Waals surface area contributed by atoms with Gasteiger partial charge in [0.05, 0.1) is 12.1 Å². The molecule has 0 aliphatic rings. The van der Waals surface area contributed by atoms with E-state index in [-0.39, 0.29) is 5.91 Å². The average molecular weight is 343 g/mol. The summed E-state index contributed by atoms with van der Waals surface area (Å²) in [5, 5.41) is 3.59. The third-order valence-electron chi connectivity index (χ3n) is 4.07. The van der Waals surface area contributed by atoms with E-state index in [0.717, 1.165) is 22.9 Å². The summed E-state index contributed by atoms with van der Waals surface area (Å²) in [7, 11) is 1.90. The molecular weight excluding hydrogens is 324 g/mol. The Hall–Kier alpha value is -2.53. The second kappa shape index (κ2) is 6.53. The first kappa shape index (κ1) is 16.3.